The van der Waals surface area contributed by atoms with Crippen LogP contribution < -0.4 is 5.32 Å². The summed E-state index contributed by atoms with van der Waals surface area (Å²) in [5.74, 6) is -0.571. The third-order valence-electron chi connectivity index (χ3n) is 3.15. The van der Waals surface area contributed by atoms with E-state index >= 15 is 0 Å². The van der Waals surface area contributed by atoms with Crippen molar-refractivity contribution in [1.29, 1.82) is 0 Å². The molecular weight excluding hydrogens is 358 g/mol. The molecule has 1 N–H and O–H groups in total. The first kappa shape index (κ1) is 17.0. The average Bonchev–Trinajstić information content (AvgIpc) is 2.60. The van der Waals surface area contributed by atoms with Crippen LogP contribution in [0.25, 0.3) is 6.08 Å². The van der Waals surface area contributed by atoms with E-state index < -0.39 is 5.97 Å². The highest BCUT2D eigenvalue weighted by molar-refractivity contribution is 9.08. The molecule has 0 aliphatic carbocycles. The van der Waals surface area contributed by atoms with Crippen LogP contribution >= 0.6 is 15.9 Å². The van der Waals surface area contributed by atoms with Crippen LogP contribution in [0.15, 0.2) is 54.6 Å². The number of carbonyl (C=O) groups is 2. The fourth-order valence-corrected chi connectivity index (χ4v) is 2.23. The summed E-state index contributed by atoms with van der Waals surface area (Å²) in [6.07, 6.45) is 3.00. The van der Waals surface area contributed by atoms with Crippen molar-refractivity contribution in [3.63, 3.8) is 0 Å². The van der Waals surface area contributed by atoms with Gasteiger partial charge in [0.15, 0.2) is 0 Å². The molecule has 0 unspecified atom stereocenters. The second-order valence-electron chi connectivity index (χ2n) is 4.76. The van der Waals surface area contributed by atoms with Crippen LogP contribution in [0.1, 0.15) is 21.5 Å². The van der Waals surface area contributed by atoms with Gasteiger partial charge in [0.05, 0.1) is 7.11 Å². The maximum absolute atomic E-state index is 12.2. The van der Waals surface area contributed by atoms with E-state index in [9.17, 15) is 9.59 Å². The minimum atomic E-state index is -0.408. The lowest BCUT2D eigenvalue weighted by atomic mass is 10.1. The number of nitrogens with one attached hydrogen (secondary N) is 1. The Morgan fingerprint density at radius 3 is 2.30 bits per heavy atom. The molecule has 0 radical (unpaired) electrons. The average molecular weight is 374 g/mol. The van der Waals surface area contributed by atoms with Crippen molar-refractivity contribution in [2.45, 2.75) is 5.33 Å². The van der Waals surface area contributed by atoms with Crippen LogP contribution in [-0.2, 0) is 14.9 Å². The van der Waals surface area contributed by atoms with Gasteiger partial charge in [-0.1, -0.05) is 40.2 Å². The first-order valence-electron chi connectivity index (χ1n) is 6.94. The molecule has 0 spiro atoms. The summed E-state index contributed by atoms with van der Waals surface area (Å²) < 4.78 is 4.53. The molecule has 0 aliphatic rings. The van der Waals surface area contributed by atoms with Crippen molar-refractivity contribution in [1.82, 2.24) is 0 Å². The molecule has 1 amide bonds. The summed E-state index contributed by atoms with van der Waals surface area (Å²) in [5.41, 5.74) is 3.25. The number of amides is 1. The Kier molecular flexibility index (Phi) is 6.11. The summed E-state index contributed by atoms with van der Waals surface area (Å²) >= 11 is 3.37. The zero-order valence-corrected chi connectivity index (χ0v) is 14.2. The second kappa shape index (κ2) is 8.29. The molecule has 2 aromatic carbocycles. The van der Waals surface area contributed by atoms with E-state index in [2.05, 4.69) is 26.0 Å². The molecule has 0 saturated carbocycles. The lowest BCUT2D eigenvalue weighted by molar-refractivity contribution is -0.134. The number of hydrogen-bond acceptors (Lipinski definition) is 3. The summed E-state index contributed by atoms with van der Waals surface area (Å²) in [5, 5.41) is 3.59. The Balaban J connectivity index is 2.00. The maximum atomic E-state index is 12.2. The Hall–Kier alpha value is -2.40. The predicted octanol–water partition coefficient (Wildman–Crippen LogP) is 4.02. The summed E-state index contributed by atoms with van der Waals surface area (Å²) in [6, 6.07) is 14.6. The van der Waals surface area contributed by atoms with Crippen molar-refractivity contribution >= 4 is 39.6 Å². The lowest BCUT2D eigenvalue weighted by Crippen LogP contribution is -2.11. The van der Waals surface area contributed by atoms with Crippen LogP contribution in [0.3, 0.4) is 0 Å². The van der Waals surface area contributed by atoms with Gasteiger partial charge >= 0.3 is 5.97 Å². The number of esters is 1. The molecule has 4 nitrogen and oxygen atoms in total. The van der Waals surface area contributed by atoms with E-state index in [1.165, 1.54) is 13.2 Å². The summed E-state index contributed by atoms with van der Waals surface area (Å²) in [4.78, 5) is 23.2. The smallest absolute Gasteiger partial charge is 0.330 e. The van der Waals surface area contributed by atoms with Crippen LogP contribution in [0, 0.1) is 0 Å². The minimum Gasteiger partial charge on any atom is -0.466 e. The summed E-state index contributed by atoms with van der Waals surface area (Å²) in [6.45, 7) is 0. The number of alkyl halides is 1. The number of rotatable bonds is 5. The quantitative estimate of drug-likeness (QED) is 0.489. The van der Waals surface area contributed by atoms with E-state index in [1.807, 2.05) is 24.3 Å². The number of halogens is 1. The predicted molar refractivity (Wildman–Crippen MR) is 94.5 cm³/mol. The lowest BCUT2D eigenvalue weighted by Gasteiger charge is -2.06. The van der Waals surface area contributed by atoms with Crippen molar-refractivity contribution < 1.29 is 14.3 Å². The molecule has 0 fully saturated rings. The summed E-state index contributed by atoms with van der Waals surface area (Å²) in [7, 11) is 1.33. The largest absolute Gasteiger partial charge is 0.466 e. The van der Waals surface area contributed by atoms with Crippen molar-refractivity contribution in [3.8, 4) is 0 Å². The highest BCUT2D eigenvalue weighted by atomic mass is 79.9. The van der Waals surface area contributed by atoms with Gasteiger partial charge in [-0.3, -0.25) is 4.79 Å². The van der Waals surface area contributed by atoms with Crippen LogP contribution in [0.5, 0.6) is 0 Å². The topological polar surface area (TPSA) is 55.4 Å². The normalized spacial score (nSPS) is 10.5. The van der Waals surface area contributed by atoms with Gasteiger partial charge in [-0.15, -0.1) is 0 Å². The van der Waals surface area contributed by atoms with E-state index in [0.717, 1.165) is 16.5 Å². The Labute approximate surface area is 143 Å². The zero-order valence-electron chi connectivity index (χ0n) is 12.6. The Morgan fingerprint density at radius 2 is 1.74 bits per heavy atom. The number of benzene rings is 2. The first-order chi connectivity index (χ1) is 11.1. The maximum Gasteiger partial charge on any atom is 0.330 e. The van der Waals surface area contributed by atoms with Crippen molar-refractivity contribution in [3.05, 3.63) is 71.3 Å². The van der Waals surface area contributed by atoms with E-state index in [-0.39, 0.29) is 5.91 Å². The van der Waals surface area contributed by atoms with Gasteiger partial charge in [0, 0.05) is 22.7 Å². The molecule has 118 valence electrons. The minimum absolute atomic E-state index is 0.163. The molecule has 0 saturated heterocycles. The van der Waals surface area contributed by atoms with E-state index in [0.29, 0.717) is 11.3 Å². The number of ether oxygens (including phenoxy) is 1. The highest BCUT2D eigenvalue weighted by Gasteiger charge is 2.05. The fraction of sp³-hybridized carbons (Fsp3) is 0.111. The van der Waals surface area contributed by atoms with Gasteiger partial charge in [0.25, 0.3) is 5.91 Å². The molecule has 0 aromatic heterocycles. The third kappa shape index (κ3) is 5.07. The standard InChI is InChI=1S/C18H16BrNO3/c1-23-17(21)11-6-13-4-9-16(10-5-13)20-18(22)15-7-2-14(12-19)3-8-15/h2-11H,12H2,1H3,(H,20,22)/b11-6+. The van der Waals surface area contributed by atoms with Crippen LogP contribution in [0.4, 0.5) is 5.69 Å². The number of carbonyl (C=O) groups excluding carboxylic acids is 2. The fourth-order valence-electron chi connectivity index (χ4n) is 1.86. The van der Waals surface area contributed by atoms with E-state index in [4.69, 9.17) is 0 Å². The molecule has 2 rings (SSSR count). The monoisotopic (exact) mass is 373 g/mol. The van der Waals surface area contributed by atoms with E-state index in [1.54, 1.807) is 30.3 Å². The zero-order chi connectivity index (χ0) is 16.7. The highest BCUT2D eigenvalue weighted by Crippen LogP contribution is 2.14. The van der Waals surface area contributed by atoms with Gasteiger partial charge in [0.1, 0.15) is 0 Å². The Bertz CT molecular complexity index is 706. The number of methoxy groups -OCH3 is 1. The first-order valence-corrected chi connectivity index (χ1v) is 8.07. The molecule has 23 heavy (non-hydrogen) atoms. The molecule has 5 heteroatoms. The van der Waals surface area contributed by atoms with Crippen molar-refractivity contribution in [2.24, 2.45) is 0 Å². The van der Waals surface area contributed by atoms with Gasteiger partial charge < -0.3 is 10.1 Å². The SMILES string of the molecule is COC(=O)/C=C/c1ccc(NC(=O)c2ccc(CBr)cc2)cc1. The van der Waals surface area contributed by atoms with Gasteiger partial charge in [0.2, 0.25) is 0 Å². The van der Waals surface area contributed by atoms with Gasteiger partial charge in [-0.05, 0) is 41.5 Å². The second-order valence-corrected chi connectivity index (χ2v) is 5.32. The molecule has 0 bridgehead atoms. The number of hydrogen-bond donors (Lipinski definition) is 1. The molecule has 0 aliphatic heterocycles. The molecular formula is C18H16BrNO3. The Morgan fingerprint density at radius 1 is 1.09 bits per heavy atom. The van der Waals surface area contributed by atoms with Crippen LogP contribution in [0.2, 0.25) is 0 Å². The third-order valence-corrected chi connectivity index (χ3v) is 3.80. The van der Waals surface area contributed by atoms with Gasteiger partial charge in [-0.25, -0.2) is 4.79 Å². The number of anilines is 1. The van der Waals surface area contributed by atoms with Crippen LogP contribution in [-0.4, -0.2) is 19.0 Å². The molecule has 0 heterocycles. The van der Waals surface area contributed by atoms with Crippen molar-refractivity contribution in [2.75, 3.05) is 12.4 Å². The molecule has 2 aromatic rings. The van der Waals surface area contributed by atoms with Gasteiger partial charge in [-0.2, -0.15) is 0 Å². The molecule has 0 atom stereocenters.